The van der Waals surface area contributed by atoms with Crippen LogP contribution < -0.4 is 10.1 Å². The fraction of sp³-hybridized carbons (Fsp3) is 0.353. The summed E-state index contributed by atoms with van der Waals surface area (Å²) in [4.78, 5) is 4.32. The van der Waals surface area contributed by atoms with Crippen molar-refractivity contribution in [1.82, 2.24) is 10.3 Å². The number of hydrogen-bond acceptors (Lipinski definition) is 3. The zero-order valence-corrected chi connectivity index (χ0v) is 13.7. The molecule has 0 atom stereocenters. The topological polar surface area (TPSA) is 34.1 Å². The quantitative estimate of drug-likeness (QED) is 0.873. The normalized spacial score (nSPS) is 11.0. The molecule has 0 unspecified atom stereocenters. The number of aromatic nitrogens is 1. The predicted octanol–water partition coefficient (Wildman–Crippen LogP) is 4.64. The van der Waals surface area contributed by atoms with Gasteiger partial charge in [-0.25, -0.2) is 4.98 Å². The van der Waals surface area contributed by atoms with Gasteiger partial charge in [-0.3, -0.25) is 0 Å². The van der Waals surface area contributed by atoms with Gasteiger partial charge in [0, 0.05) is 18.8 Å². The van der Waals surface area contributed by atoms with Crippen molar-refractivity contribution in [3.63, 3.8) is 0 Å². The first-order valence-electron chi connectivity index (χ1n) is 7.08. The monoisotopic (exact) mass is 304 g/mol. The highest BCUT2D eigenvalue weighted by Crippen LogP contribution is 2.30. The maximum Gasteiger partial charge on any atom is 0.238 e. The van der Waals surface area contributed by atoms with E-state index >= 15 is 0 Å². The Morgan fingerprint density at radius 3 is 2.62 bits per heavy atom. The van der Waals surface area contributed by atoms with Crippen LogP contribution in [0.25, 0.3) is 0 Å². The SMILES string of the molecule is Cc1ccc(Oc2ncc(CNC(C)C)cc2Cl)c(C)c1. The number of aryl methyl sites for hydroxylation is 2. The summed E-state index contributed by atoms with van der Waals surface area (Å²) in [5, 5.41) is 3.86. The Morgan fingerprint density at radius 2 is 2.00 bits per heavy atom. The Labute approximate surface area is 131 Å². The zero-order chi connectivity index (χ0) is 15.4. The summed E-state index contributed by atoms with van der Waals surface area (Å²) >= 11 is 6.26. The van der Waals surface area contributed by atoms with E-state index in [9.17, 15) is 0 Å². The maximum atomic E-state index is 6.26. The fourth-order valence-corrected chi connectivity index (χ4v) is 2.20. The second-order valence-electron chi connectivity index (χ2n) is 5.54. The third-order valence-electron chi connectivity index (χ3n) is 3.12. The van der Waals surface area contributed by atoms with Crippen molar-refractivity contribution in [2.45, 2.75) is 40.3 Å². The molecule has 1 aromatic carbocycles. The van der Waals surface area contributed by atoms with Gasteiger partial charge in [0.1, 0.15) is 10.8 Å². The van der Waals surface area contributed by atoms with E-state index in [4.69, 9.17) is 16.3 Å². The molecule has 0 aliphatic rings. The van der Waals surface area contributed by atoms with Gasteiger partial charge in [0.15, 0.2) is 0 Å². The number of hydrogen-bond donors (Lipinski definition) is 1. The van der Waals surface area contributed by atoms with E-state index in [2.05, 4.69) is 37.1 Å². The summed E-state index contributed by atoms with van der Waals surface area (Å²) in [6.07, 6.45) is 1.79. The number of benzene rings is 1. The van der Waals surface area contributed by atoms with Crippen LogP contribution in [0.1, 0.15) is 30.5 Å². The van der Waals surface area contributed by atoms with Crippen LogP contribution in [0, 0.1) is 13.8 Å². The van der Waals surface area contributed by atoms with Crippen LogP contribution in [0.5, 0.6) is 11.6 Å². The molecule has 0 amide bonds. The lowest BCUT2D eigenvalue weighted by Crippen LogP contribution is -2.21. The number of ether oxygens (including phenoxy) is 1. The summed E-state index contributed by atoms with van der Waals surface area (Å²) < 4.78 is 5.81. The number of nitrogens with one attached hydrogen (secondary N) is 1. The van der Waals surface area contributed by atoms with Crippen LogP contribution in [-0.2, 0) is 6.54 Å². The van der Waals surface area contributed by atoms with Gasteiger partial charge in [0.05, 0.1) is 0 Å². The van der Waals surface area contributed by atoms with Crippen LogP contribution in [0.4, 0.5) is 0 Å². The van der Waals surface area contributed by atoms with E-state index in [-0.39, 0.29) is 0 Å². The summed E-state index contributed by atoms with van der Waals surface area (Å²) in [5.74, 6) is 1.22. The first kappa shape index (κ1) is 15.8. The summed E-state index contributed by atoms with van der Waals surface area (Å²) in [5.41, 5.74) is 3.31. The Kier molecular flexibility index (Phi) is 5.21. The second kappa shape index (κ2) is 6.92. The lowest BCUT2D eigenvalue weighted by molar-refractivity contribution is 0.459. The van der Waals surface area contributed by atoms with Crippen molar-refractivity contribution < 1.29 is 4.74 Å². The molecule has 0 saturated carbocycles. The molecule has 0 spiro atoms. The largest absolute Gasteiger partial charge is 0.437 e. The van der Waals surface area contributed by atoms with Gasteiger partial charge in [-0.2, -0.15) is 0 Å². The molecule has 1 heterocycles. The Balaban J connectivity index is 2.13. The minimum atomic E-state index is 0.426. The van der Waals surface area contributed by atoms with Crippen molar-refractivity contribution >= 4 is 11.6 Å². The van der Waals surface area contributed by atoms with Gasteiger partial charge in [-0.05, 0) is 37.1 Å². The zero-order valence-electron chi connectivity index (χ0n) is 12.9. The number of halogens is 1. The minimum absolute atomic E-state index is 0.426. The molecule has 3 nitrogen and oxygen atoms in total. The van der Waals surface area contributed by atoms with Crippen LogP contribution in [0.3, 0.4) is 0 Å². The first-order valence-corrected chi connectivity index (χ1v) is 7.46. The summed E-state index contributed by atoms with van der Waals surface area (Å²) in [6.45, 7) is 9.02. The van der Waals surface area contributed by atoms with E-state index in [0.29, 0.717) is 16.9 Å². The highest BCUT2D eigenvalue weighted by atomic mass is 35.5. The standard InChI is InChI=1S/C17H21ClN2O/c1-11(2)19-9-14-8-15(18)17(20-10-14)21-16-6-5-12(3)7-13(16)4/h5-8,10-11,19H,9H2,1-4H3. The molecule has 2 aromatic rings. The average Bonchev–Trinajstić information content (AvgIpc) is 2.42. The van der Waals surface area contributed by atoms with E-state index in [1.807, 2.05) is 25.1 Å². The second-order valence-corrected chi connectivity index (χ2v) is 5.94. The van der Waals surface area contributed by atoms with Crippen LogP contribution in [-0.4, -0.2) is 11.0 Å². The van der Waals surface area contributed by atoms with Crippen molar-refractivity contribution in [2.24, 2.45) is 0 Å². The number of pyridine rings is 1. The van der Waals surface area contributed by atoms with Gasteiger partial charge < -0.3 is 10.1 Å². The number of nitrogens with zero attached hydrogens (tertiary/aromatic N) is 1. The van der Waals surface area contributed by atoms with E-state index in [1.54, 1.807) is 6.20 Å². The van der Waals surface area contributed by atoms with Gasteiger partial charge in [-0.15, -0.1) is 0 Å². The van der Waals surface area contributed by atoms with Gasteiger partial charge >= 0.3 is 0 Å². The van der Waals surface area contributed by atoms with E-state index in [0.717, 1.165) is 23.4 Å². The Bertz CT molecular complexity index is 626. The Morgan fingerprint density at radius 1 is 1.24 bits per heavy atom. The van der Waals surface area contributed by atoms with Crippen LogP contribution in [0.15, 0.2) is 30.5 Å². The smallest absolute Gasteiger partial charge is 0.238 e. The summed E-state index contributed by atoms with van der Waals surface area (Å²) in [7, 11) is 0. The third kappa shape index (κ3) is 4.45. The molecule has 4 heteroatoms. The van der Waals surface area contributed by atoms with Gasteiger partial charge in [0.25, 0.3) is 0 Å². The van der Waals surface area contributed by atoms with E-state index < -0.39 is 0 Å². The molecule has 0 radical (unpaired) electrons. The van der Waals surface area contributed by atoms with Crippen molar-refractivity contribution in [3.05, 3.63) is 52.2 Å². The van der Waals surface area contributed by atoms with Gasteiger partial charge in [0.2, 0.25) is 5.88 Å². The van der Waals surface area contributed by atoms with Crippen molar-refractivity contribution in [2.75, 3.05) is 0 Å². The van der Waals surface area contributed by atoms with Crippen molar-refractivity contribution in [3.8, 4) is 11.6 Å². The average molecular weight is 305 g/mol. The Hall–Kier alpha value is -1.58. The minimum Gasteiger partial charge on any atom is -0.437 e. The van der Waals surface area contributed by atoms with Crippen molar-refractivity contribution in [1.29, 1.82) is 0 Å². The lowest BCUT2D eigenvalue weighted by Gasteiger charge is -2.12. The first-order chi connectivity index (χ1) is 9.95. The van der Waals surface area contributed by atoms with E-state index in [1.165, 1.54) is 5.56 Å². The molecular formula is C17H21ClN2O. The molecule has 0 aliphatic heterocycles. The highest BCUT2D eigenvalue weighted by Gasteiger charge is 2.08. The predicted molar refractivity (Wildman–Crippen MR) is 87.2 cm³/mol. The third-order valence-corrected chi connectivity index (χ3v) is 3.39. The molecule has 2 rings (SSSR count). The van der Waals surface area contributed by atoms with Crippen LogP contribution >= 0.6 is 11.6 Å². The molecule has 0 bridgehead atoms. The molecule has 0 fully saturated rings. The molecule has 0 aliphatic carbocycles. The molecule has 1 aromatic heterocycles. The lowest BCUT2D eigenvalue weighted by atomic mass is 10.1. The van der Waals surface area contributed by atoms with Crippen LogP contribution in [0.2, 0.25) is 5.02 Å². The molecule has 112 valence electrons. The highest BCUT2D eigenvalue weighted by molar-refractivity contribution is 6.31. The molecule has 21 heavy (non-hydrogen) atoms. The van der Waals surface area contributed by atoms with Gasteiger partial charge in [-0.1, -0.05) is 43.1 Å². The number of rotatable bonds is 5. The summed E-state index contributed by atoms with van der Waals surface area (Å²) in [6, 6.07) is 8.34. The molecular weight excluding hydrogens is 284 g/mol. The molecule has 1 N–H and O–H groups in total. The molecule has 0 saturated heterocycles. The fourth-order valence-electron chi connectivity index (χ4n) is 1.98. The maximum absolute atomic E-state index is 6.26.